The van der Waals surface area contributed by atoms with Crippen molar-refractivity contribution in [3.05, 3.63) is 59.7 Å². The molecule has 0 bridgehead atoms. The molecular weight excluding hydrogens is 407 g/mol. The van der Waals surface area contributed by atoms with E-state index in [1.54, 1.807) is 45.0 Å². The average molecular weight is 435 g/mol. The van der Waals surface area contributed by atoms with Crippen molar-refractivity contribution >= 4 is 11.9 Å². The lowest BCUT2D eigenvalue weighted by Crippen LogP contribution is -2.44. The van der Waals surface area contributed by atoms with Crippen LogP contribution in [0.25, 0.3) is 11.1 Å². The van der Waals surface area contributed by atoms with E-state index in [9.17, 15) is 22.8 Å². The van der Waals surface area contributed by atoms with Crippen molar-refractivity contribution < 1.29 is 27.5 Å². The quantitative estimate of drug-likeness (QED) is 0.565. The fourth-order valence-corrected chi connectivity index (χ4v) is 3.04. The Kier molecular flexibility index (Phi) is 7.87. The Balaban J connectivity index is 2.13. The number of rotatable bonds is 7. The van der Waals surface area contributed by atoms with Gasteiger partial charge in [-0.2, -0.15) is 13.2 Å². The van der Waals surface area contributed by atoms with Gasteiger partial charge in [0.25, 0.3) is 0 Å². The lowest BCUT2D eigenvalue weighted by Gasteiger charge is -2.23. The van der Waals surface area contributed by atoms with Gasteiger partial charge in [-0.25, -0.2) is 4.79 Å². The maximum Gasteiger partial charge on any atom is 0.416 e. The monoisotopic (exact) mass is 435 g/mol. The standard InChI is InChI=1S/C24H28F3NO3/c1-5-6-21(29)20(28-22(30)31-23(2,3)4)15-16-7-9-17(10-8-16)18-11-13-19(14-12-18)24(25,26)27/h7-14,20H,5-6,15H2,1-4H3,(H,28,30)/t20-/m1/s1. The lowest BCUT2D eigenvalue weighted by atomic mass is 9.97. The van der Waals surface area contributed by atoms with Crippen LogP contribution in [0.5, 0.6) is 0 Å². The lowest BCUT2D eigenvalue weighted by molar-refractivity contribution is -0.137. The van der Waals surface area contributed by atoms with Crippen molar-refractivity contribution in [1.82, 2.24) is 5.32 Å². The molecule has 1 amide bonds. The third-order valence-corrected chi connectivity index (χ3v) is 4.52. The molecule has 0 saturated carbocycles. The summed E-state index contributed by atoms with van der Waals surface area (Å²) in [7, 11) is 0. The molecule has 0 saturated heterocycles. The van der Waals surface area contributed by atoms with Crippen LogP contribution in [0, 0.1) is 0 Å². The number of carbonyl (C=O) groups excluding carboxylic acids is 2. The topological polar surface area (TPSA) is 55.4 Å². The Labute approximate surface area is 180 Å². The van der Waals surface area contributed by atoms with Gasteiger partial charge in [-0.1, -0.05) is 43.3 Å². The minimum atomic E-state index is -4.37. The molecule has 0 fully saturated rings. The van der Waals surface area contributed by atoms with E-state index in [4.69, 9.17) is 4.74 Å². The largest absolute Gasteiger partial charge is 0.444 e. The van der Waals surface area contributed by atoms with Crippen LogP contribution in [0.3, 0.4) is 0 Å². The summed E-state index contributed by atoms with van der Waals surface area (Å²) in [6.45, 7) is 7.13. The van der Waals surface area contributed by atoms with Crippen LogP contribution in [0.2, 0.25) is 0 Å². The van der Waals surface area contributed by atoms with Crippen LogP contribution in [0.15, 0.2) is 48.5 Å². The van der Waals surface area contributed by atoms with Gasteiger partial charge in [0.2, 0.25) is 0 Å². The molecule has 4 nitrogen and oxygen atoms in total. The normalized spacial score (nSPS) is 12.9. The minimum Gasteiger partial charge on any atom is -0.444 e. The molecule has 0 aromatic heterocycles. The highest BCUT2D eigenvalue weighted by atomic mass is 19.4. The minimum absolute atomic E-state index is 0.0832. The van der Waals surface area contributed by atoms with Crippen molar-refractivity contribution in [2.24, 2.45) is 0 Å². The number of ether oxygens (including phenoxy) is 1. The van der Waals surface area contributed by atoms with E-state index in [-0.39, 0.29) is 5.78 Å². The van der Waals surface area contributed by atoms with E-state index in [1.165, 1.54) is 12.1 Å². The fourth-order valence-electron chi connectivity index (χ4n) is 3.04. The first kappa shape index (κ1) is 24.4. The SMILES string of the molecule is CCCC(=O)[C@@H](Cc1ccc(-c2ccc(C(F)(F)F)cc2)cc1)NC(=O)OC(C)(C)C. The summed E-state index contributed by atoms with van der Waals surface area (Å²) >= 11 is 0. The summed E-state index contributed by atoms with van der Waals surface area (Å²) in [5.41, 5.74) is 0.866. The molecule has 1 atom stereocenters. The van der Waals surface area contributed by atoms with Gasteiger partial charge in [0.1, 0.15) is 5.60 Å². The van der Waals surface area contributed by atoms with Gasteiger partial charge in [-0.05, 0) is 62.4 Å². The molecule has 0 aliphatic heterocycles. The molecule has 0 aliphatic carbocycles. The number of hydrogen-bond donors (Lipinski definition) is 1. The van der Waals surface area contributed by atoms with E-state index in [2.05, 4.69) is 5.32 Å². The number of benzene rings is 2. The number of amides is 1. The molecule has 2 aromatic carbocycles. The van der Waals surface area contributed by atoms with E-state index in [0.29, 0.717) is 24.8 Å². The highest BCUT2D eigenvalue weighted by molar-refractivity contribution is 5.87. The van der Waals surface area contributed by atoms with Crippen LogP contribution in [0.4, 0.5) is 18.0 Å². The highest BCUT2D eigenvalue weighted by Gasteiger charge is 2.30. The third kappa shape index (κ3) is 7.74. The third-order valence-electron chi connectivity index (χ3n) is 4.52. The number of carbonyl (C=O) groups is 2. The molecule has 0 spiro atoms. The fraction of sp³-hybridized carbons (Fsp3) is 0.417. The summed E-state index contributed by atoms with van der Waals surface area (Å²) < 4.78 is 43.5. The first-order valence-corrected chi connectivity index (χ1v) is 10.2. The number of ketones is 1. The second-order valence-electron chi connectivity index (χ2n) is 8.39. The van der Waals surface area contributed by atoms with Crippen LogP contribution in [0.1, 0.15) is 51.7 Å². The molecule has 0 heterocycles. The molecule has 1 N–H and O–H groups in total. The summed E-state index contributed by atoms with van der Waals surface area (Å²) in [5, 5.41) is 2.66. The second-order valence-corrected chi connectivity index (χ2v) is 8.39. The second kappa shape index (κ2) is 9.98. The summed E-state index contributed by atoms with van der Waals surface area (Å²) in [4.78, 5) is 24.6. The summed E-state index contributed by atoms with van der Waals surface area (Å²) in [5.74, 6) is -0.0832. The van der Waals surface area contributed by atoms with Gasteiger partial charge in [-0.15, -0.1) is 0 Å². The van der Waals surface area contributed by atoms with Crippen LogP contribution < -0.4 is 5.32 Å². The molecule has 2 aromatic rings. The predicted molar refractivity (Wildman–Crippen MR) is 114 cm³/mol. The molecule has 2 rings (SSSR count). The Morgan fingerprint density at radius 3 is 1.90 bits per heavy atom. The molecule has 0 radical (unpaired) electrons. The maximum absolute atomic E-state index is 12.7. The van der Waals surface area contributed by atoms with Crippen LogP contribution >= 0.6 is 0 Å². The highest BCUT2D eigenvalue weighted by Crippen LogP contribution is 2.31. The van der Waals surface area contributed by atoms with Crippen molar-refractivity contribution in [3.63, 3.8) is 0 Å². The Bertz CT molecular complexity index is 882. The van der Waals surface area contributed by atoms with E-state index in [0.717, 1.165) is 23.3 Å². The molecule has 0 aliphatic rings. The van der Waals surface area contributed by atoms with Gasteiger partial charge in [0, 0.05) is 6.42 Å². The first-order chi connectivity index (χ1) is 14.4. The molecule has 31 heavy (non-hydrogen) atoms. The number of nitrogens with one attached hydrogen (secondary N) is 1. The van der Waals surface area contributed by atoms with E-state index < -0.39 is 29.5 Å². The maximum atomic E-state index is 12.7. The van der Waals surface area contributed by atoms with Gasteiger partial charge < -0.3 is 10.1 Å². The first-order valence-electron chi connectivity index (χ1n) is 10.2. The summed E-state index contributed by atoms with van der Waals surface area (Å²) in [6, 6.07) is 11.4. The number of alkyl halides is 3. The Morgan fingerprint density at radius 1 is 0.935 bits per heavy atom. The predicted octanol–water partition coefficient (Wildman–Crippen LogP) is 6.18. The van der Waals surface area contributed by atoms with Gasteiger partial charge in [-0.3, -0.25) is 4.79 Å². The van der Waals surface area contributed by atoms with Gasteiger partial charge in [0.15, 0.2) is 5.78 Å². The number of hydrogen-bond acceptors (Lipinski definition) is 3. The van der Waals surface area contributed by atoms with Gasteiger partial charge >= 0.3 is 12.3 Å². The molecule has 7 heteroatoms. The zero-order chi connectivity index (χ0) is 23.2. The number of alkyl carbamates (subject to hydrolysis) is 1. The Morgan fingerprint density at radius 2 is 1.45 bits per heavy atom. The molecule has 168 valence electrons. The average Bonchev–Trinajstić information content (AvgIpc) is 2.66. The molecule has 0 unspecified atom stereocenters. The smallest absolute Gasteiger partial charge is 0.416 e. The molecular formula is C24H28F3NO3. The van der Waals surface area contributed by atoms with E-state index in [1.807, 2.05) is 6.92 Å². The number of halogens is 3. The van der Waals surface area contributed by atoms with Crippen molar-refractivity contribution in [2.45, 2.75) is 64.8 Å². The van der Waals surface area contributed by atoms with Crippen molar-refractivity contribution in [1.29, 1.82) is 0 Å². The Hall–Kier alpha value is -2.83. The zero-order valence-corrected chi connectivity index (χ0v) is 18.2. The van der Waals surface area contributed by atoms with Gasteiger partial charge in [0.05, 0.1) is 11.6 Å². The van der Waals surface area contributed by atoms with E-state index >= 15 is 0 Å². The number of Topliss-reactive ketones (excluding diaryl/α,β-unsaturated/α-hetero) is 1. The zero-order valence-electron chi connectivity index (χ0n) is 18.2. The van der Waals surface area contributed by atoms with Crippen molar-refractivity contribution in [3.8, 4) is 11.1 Å². The summed E-state index contributed by atoms with van der Waals surface area (Å²) in [6.07, 6.45) is -3.72. The van der Waals surface area contributed by atoms with Crippen LogP contribution in [-0.4, -0.2) is 23.5 Å². The van der Waals surface area contributed by atoms with Crippen LogP contribution in [-0.2, 0) is 22.1 Å². The van der Waals surface area contributed by atoms with Crippen molar-refractivity contribution in [2.75, 3.05) is 0 Å².